The fourth-order valence-electron chi connectivity index (χ4n) is 4.25. The van der Waals surface area contributed by atoms with E-state index in [4.69, 9.17) is 0 Å². The van der Waals surface area contributed by atoms with E-state index in [0.29, 0.717) is 36.3 Å². The molecule has 0 radical (unpaired) electrons. The molecule has 0 aromatic heterocycles. The van der Waals surface area contributed by atoms with Crippen LogP contribution in [0.25, 0.3) is 11.1 Å². The predicted octanol–water partition coefficient (Wildman–Crippen LogP) is 4.44. The molecule has 3 rings (SSSR count). The number of sulfonamides is 1. The molecular formula is C23H25F7N2O3S. The number of hydrogen-bond acceptors (Lipinski definition) is 4. The number of rotatable bonds is 6. The summed E-state index contributed by atoms with van der Waals surface area (Å²) in [6, 6.07) is 6.05. The van der Waals surface area contributed by atoms with Crippen molar-refractivity contribution >= 4 is 10.0 Å². The van der Waals surface area contributed by atoms with E-state index in [1.165, 1.54) is 10.4 Å². The van der Waals surface area contributed by atoms with Crippen molar-refractivity contribution < 1.29 is 44.3 Å². The predicted molar refractivity (Wildman–Crippen MR) is 119 cm³/mol. The summed E-state index contributed by atoms with van der Waals surface area (Å²) in [5, 5.41) is 9.56. The maximum absolute atomic E-state index is 15.4. The Morgan fingerprint density at radius 1 is 0.889 bits per heavy atom. The highest BCUT2D eigenvalue weighted by Crippen LogP contribution is 2.50. The van der Waals surface area contributed by atoms with Crippen LogP contribution >= 0.6 is 0 Å². The summed E-state index contributed by atoms with van der Waals surface area (Å²) < 4.78 is 119. The van der Waals surface area contributed by atoms with Crippen molar-refractivity contribution in [1.82, 2.24) is 9.21 Å². The molecule has 0 unspecified atom stereocenters. The number of nitrogens with zero attached hydrogens (tertiary/aromatic N) is 2. The Balaban J connectivity index is 1.87. The average molecular weight is 543 g/mol. The standard InChI is InChI=1S/C23H25F7N2O3S/c1-3-18-19(15-4-7-17(8-5-15)21(33,22(25,26)27)23(28,29)30)9-6-16(20(18)24)14-31-10-12-32(13-11-31)36(2,34)35/h4-9,33H,3,10-14H2,1-2H3. The summed E-state index contributed by atoms with van der Waals surface area (Å²) in [5.41, 5.74) is -5.37. The van der Waals surface area contributed by atoms with Crippen LogP contribution in [0.15, 0.2) is 36.4 Å². The highest BCUT2D eigenvalue weighted by Gasteiger charge is 2.71. The van der Waals surface area contributed by atoms with E-state index < -0.39 is 39.4 Å². The first-order chi connectivity index (χ1) is 16.5. The van der Waals surface area contributed by atoms with Gasteiger partial charge in [0.1, 0.15) is 5.82 Å². The summed E-state index contributed by atoms with van der Waals surface area (Å²) >= 11 is 0. The third-order valence-electron chi connectivity index (χ3n) is 6.31. The Kier molecular flexibility index (Phi) is 7.81. The topological polar surface area (TPSA) is 60.9 Å². The number of hydrogen-bond donors (Lipinski definition) is 1. The molecule has 0 aliphatic carbocycles. The van der Waals surface area contributed by atoms with Crippen LogP contribution in [0, 0.1) is 5.82 Å². The van der Waals surface area contributed by atoms with Gasteiger partial charge in [-0.25, -0.2) is 12.8 Å². The van der Waals surface area contributed by atoms with Crippen molar-refractivity contribution in [2.24, 2.45) is 0 Å². The summed E-state index contributed by atoms with van der Waals surface area (Å²) in [4.78, 5) is 1.89. The minimum atomic E-state index is -6.00. The van der Waals surface area contributed by atoms with Crippen LogP contribution in [0.3, 0.4) is 0 Å². The van der Waals surface area contributed by atoms with Gasteiger partial charge < -0.3 is 5.11 Å². The molecule has 1 heterocycles. The average Bonchev–Trinajstić information content (AvgIpc) is 2.78. The quantitative estimate of drug-likeness (QED) is 0.549. The van der Waals surface area contributed by atoms with Crippen molar-refractivity contribution in [3.8, 4) is 11.1 Å². The first kappa shape index (κ1) is 28.4. The Hall–Kier alpha value is -2.22. The number of benzene rings is 2. The molecule has 0 amide bonds. The lowest BCUT2D eigenvalue weighted by Gasteiger charge is -2.33. The van der Waals surface area contributed by atoms with Crippen LogP contribution in [0.4, 0.5) is 30.7 Å². The second-order valence-corrected chi connectivity index (χ2v) is 10.6. The Labute approximate surface area is 204 Å². The van der Waals surface area contributed by atoms with E-state index in [1.807, 2.05) is 4.90 Å². The van der Waals surface area contributed by atoms with Gasteiger partial charge in [-0.05, 0) is 23.1 Å². The molecule has 1 saturated heterocycles. The van der Waals surface area contributed by atoms with Gasteiger partial charge in [-0.2, -0.15) is 30.6 Å². The van der Waals surface area contributed by atoms with E-state index >= 15 is 4.39 Å². The van der Waals surface area contributed by atoms with Crippen LogP contribution < -0.4 is 0 Å². The molecule has 1 aliphatic heterocycles. The molecule has 13 heteroatoms. The zero-order valence-electron chi connectivity index (χ0n) is 19.4. The van der Waals surface area contributed by atoms with Crippen LogP contribution in [0.2, 0.25) is 0 Å². The fourth-order valence-corrected chi connectivity index (χ4v) is 5.07. The molecule has 0 bridgehead atoms. The minimum absolute atomic E-state index is 0.189. The van der Waals surface area contributed by atoms with E-state index in [-0.39, 0.29) is 37.2 Å². The normalized spacial score (nSPS) is 16.9. The maximum Gasteiger partial charge on any atom is 0.430 e. The molecule has 0 atom stereocenters. The first-order valence-corrected chi connectivity index (χ1v) is 12.8. The molecule has 36 heavy (non-hydrogen) atoms. The van der Waals surface area contributed by atoms with Gasteiger partial charge in [0.25, 0.3) is 5.60 Å². The molecule has 0 saturated carbocycles. The summed E-state index contributed by atoms with van der Waals surface area (Å²) in [5.74, 6) is -0.549. The van der Waals surface area contributed by atoms with Crippen molar-refractivity contribution in [2.45, 2.75) is 37.8 Å². The van der Waals surface area contributed by atoms with Crippen molar-refractivity contribution in [3.05, 3.63) is 58.9 Å². The third kappa shape index (κ3) is 5.38. The second-order valence-electron chi connectivity index (χ2n) is 8.64. The molecule has 5 nitrogen and oxygen atoms in total. The zero-order valence-corrected chi connectivity index (χ0v) is 20.2. The fraction of sp³-hybridized carbons (Fsp3) is 0.478. The van der Waals surface area contributed by atoms with Gasteiger partial charge in [0.05, 0.1) is 6.26 Å². The zero-order chi connectivity index (χ0) is 27.1. The van der Waals surface area contributed by atoms with Crippen LogP contribution in [0.1, 0.15) is 23.6 Å². The van der Waals surface area contributed by atoms with Gasteiger partial charge in [-0.15, -0.1) is 0 Å². The monoisotopic (exact) mass is 542 g/mol. The van der Waals surface area contributed by atoms with E-state index in [1.54, 1.807) is 13.0 Å². The van der Waals surface area contributed by atoms with Crippen molar-refractivity contribution in [2.75, 3.05) is 32.4 Å². The van der Waals surface area contributed by atoms with Gasteiger partial charge >= 0.3 is 12.4 Å². The first-order valence-electron chi connectivity index (χ1n) is 10.9. The molecular weight excluding hydrogens is 517 g/mol. The van der Waals surface area contributed by atoms with Gasteiger partial charge in [0.15, 0.2) is 0 Å². The van der Waals surface area contributed by atoms with Gasteiger partial charge in [-0.1, -0.05) is 43.3 Å². The molecule has 200 valence electrons. The summed E-state index contributed by atoms with van der Waals surface area (Å²) in [6.07, 6.45) is -10.7. The maximum atomic E-state index is 15.4. The Bertz CT molecular complexity index is 1170. The van der Waals surface area contributed by atoms with Gasteiger partial charge in [0, 0.05) is 43.9 Å². The Morgan fingerprint density at radius 2 is 1.42 bits per heavy atom. The smallest absolute Gasteiger partial charge is 0.369 e. The highest BCUT2D eigenvalue weighted by atomic mass is 32.2. The lowest BCUT2D eigenvalue weighted by atomic mass is 9.89. The number of alkyl halides is 6. The van der Waals surface area contributed by atoms with Crippen LogP contribution in [-0.4, -0.2) is 67.5 Å². The lowest BCUT2D eigenvalue weighted by molar-refractivity contribution is -0.376. The number of halogens is 7. The van der Waals surface area contributed by atoms with Crippen LogP contribution in [0.5, 0.6) is 0 Å². The molecule has 2 aromatic carbocycles. The molecule has 2 aromatic rings. The Morgan fingerprint density at radius 3 is 1.86 bits per heavy atom. The van der Waals surface area contributed by atoms with Crippen molar-refractivity contribution in [3.63, 3.8) is 0 Å². The molecule has 0 spiro atoms. The van der Waals surface area contributed by atoms with E-state index in [9.17, 15) is 39.9 Å². The van der Waals surface area contributed by atoms with E-state index in [2.05, 4.69) is 0 Å². The molecule has 1 fully saturated rings. The lowest BCUT2D eigenvalue weighted by Crippen LogP contribution is -2.53. The SMILES string of the molecule is CCc1c(-c2ccc(C(O)(C(F)(F)F)C(F)(F)F)cc2)ccc(CN2CCN(S(C)(=O)=O)CC2)c1F. The molecule has 1 N–H and O–H groups in total. The highest BCUT2D eigenvalue weighted by molar-refractivity contribution is 7.88. The van der Waals surface area contributed by atoms with E-state index in [0.717, 1.165) is 18.4 Å². The number of aliphatic hydroxyl groups is 1. The molecule has 1 aliphatic rings. The second kappa shape index (κ2) is 9.92. The van der Waals surface area contributed by atoms with Crippen molar-refractivity contribution in [1.29, 1.82) is 0 Å². The summed E-state index contributed by atoms with van der Waals surface area (Å²) in [7, 11) is -3.31. The number of piperazine rings is 1. The van der Waals surface area contributed by atoms with Crippen LogP contribution in [-0.2, 0) is 28.6 Å². The minimum Gasteiger partial charge on any atom is -0.369 e. The largest absolute Gasteiger partial charge is 0.430 e. The van der Waals surface area contributed by atoms with Gasteiger partial charge in [-0.3, -0.25) is 4.90 Å². The summed E-state index contributed by atoms with van der Waals surface area (Å²) in [6.45, 7) is 3.22. The third-order valence-corrected chi connectivity index (χ3v) is 7.61. The van der Waals surface area contributed by atoms with Gasteiger partial charge in [0.2, 0.25) is 10.0 Å².